The molecule has 230 valence electrons. The van der Waals surface area contributed by atoms with Gasteiger partial charge in [-0.1, -0.05) is 42.5 Å². The van der Waals surface area contributed by atoms with Crippen molar-refractivity contribution in [1.82, 2.24) is 15.1 Å². The van der Waals surface area contributed by atoms with E-state index >= 15 is 0 Å². The zero-order valence-electron chi connectivity index (χ0n) is 25.6. The first-order valence-corrected chi connectivity index (χ1v) is 17.1. The molecule has 2 aromatic rings. The van der Waals surface area contributed by atoms with Crippen LogP contribution in [0.3, 0.4) is 0 Å². The van der Waals surface area contributed by atoms with Gasteiger partial charge in [0, 0.05) is 51.0 Å². The Hall–Kier alpha value is -2.75. The van der Waals surface area contributed by atoms with Crippen molar-refractivity contribution < 1.29 is 22.7 Å². The van der Waals surface area contributed by atoms with Crippen molar-refractivity contribution in [2.24, 2.45) is 5.92 Å². The van der Waals surface area contributed by atoms with Gasteiger partial charge >= 0.3 is 0 Å². The van der Waals surface area contributed by atoms with Crippen molar-refractivity contribution in [1.29, 1.82) is 0 Å². The van der Waals surface area contributed by atoms with Gasteiger partial charge in [-0.05, 0) is 76.1 Å². The number of sulfone groups is 1. The Kier molecular flexibility index (Phi) is 10.8. The summed E-state index contributed by atoms with van der Waals surface area (Å²) in [6, 6.07) is 17.0. The topological polar surface area (TPSA) is 96.0 Å². The number of piperidine rings is 1. The van der Waals surface area contributed by atoms with Crippen molar-refractivity contribution >= 4 is 21.7 Å². The van der Waals surface area contributed by atoms with Crippen LogP contribution in [-0.2, 0) is 30.6 Å². The smallest absolute Gasteiger partial charge is 0.227 e. The summed E-state index contributed by atoms with van der Waals surface area (Å²) in [5.41, 5.74) is 1.67. The summed E-state index contributed by atoms with van der Waals surface area (Å²) in [5.74, 6) is 0.152. The molecule has 2 aromatic carbocycles. The molecule has 0 saturated carbocycles. The first-order valence-electron chi connectivity index (χ1n) is 15.3. The van der Waals surface area contributed by atoms with Crippen LogP contribution in [0.15, 0.2) is 59.5 Å². The molecule has 9 heteroatoms. The number of benzene rings is 2. The van der Waals surface area contributed by atoms with Gasteiger partial charge in [0.2, 0.25) is 11.8 Å². The average Bonchev–Trinajstić information content (AvgIpc) is 2.96. The predicted molar refractivity (Wildman–Crippen MR) is 165 cm³/mol. The van der Waals surface area contributed by atoms with Crippen LogP contribution in [0, 0.1) is 5.92 Å². The normalized spacial score (nSPS) is 20.5. The van der Waals surface area contributed by atoms with E-state index < -0.39 is 9.84 Å². The standard InChI is InChI=1S/C33H47N3O5S/c1-5-36(31(37)23-25-11-13-29(14-12-25)42(4,39)40)28-15-19-35(20-16-28)21-17-30(26-9-7-6-8-10-26)34-32(38)27-18-22-41-33(2,3)24-27/h6-14,27-28,30H,5,15-24H2,1-4H3,(H,34,38)/t27?,30-/m0/s1. The number of hydrogen-bond acceptors (Lipinski definition) is 6. The highest BCUT2D eigenvalue weighted by molar-refractivity contribution is 7.90. The van der Waals surface area contributed by atoms with E-state index in [1.54, 1.807) is 24.3 Å². The average molecular weight is 598 g/mol. The van der Waals surface area contributed by atoms with E-state index in [9.17, 15) is 18.0 Å². The van der Waals surface area contributed by atoms with Gasteiger partial charge in [-0.15, -0.1) is 0 Å². The quantitative estimate of drug-likeness (QED) is 0.413. The maximum Gasteiger partial charge on any atom is 0.227 e. The fourth-order valence-corrected chi connectivity index (χ4v) is 6.92. The summed E-state index contributed by atoms with van der Waals surface area (Å²) in [6.45, 7) is 10.1. The highest BCUT2D eigenvalue weighted by Gasteiger charge is 2.34. The van der Waals surface area contributed by atoms with Crippen LogP contribution in [0.1, 0.15) is 70.0 Å². The molecule has 1 unspecified atom stereocenters. The molecule has 0 radical (unpaired) electrons. The number of likely N-dealkylation sites (tertiary alicyclic amines) is 1. The molecule has 4 rings (SSSR count). The summed E-state index contributed by atoms with van der Waals surface area (Å²) in [7, 11) is -3.26. The fourth-order valence-electron chi connectivity index (χ4n) is 6.29. The highest BCUT2D eigenvalue weighted by atomic mass is 32.2. The summed E-state index contributed by atoms with van der Waals surface area (Å²) < 4.78 is 29.3. The Morgan fingerprint density at radius 1 is 1.05 bits per heavy atom. The molecule has 0 aliphatic carbocycles. The van der Waals surface area contributed by atoms with Gasteiger partial charge in [-0.2, -0.15) is 0 Å². The van der Waals surface area contributed by atoms with Crippen molar-refractivity contribution in [3.63, 3.8) is 0 Å². The first kappa shape index (κ1) is 32.2. The van der Waals surface area contributed by atoms with E-state index in [0.29, 0.717) is 13.2 Å². The third kappa shape index (κ3) is 8.88. The zero-order chi connectivity index (χ0) is 30.3. The monoisotopic (exact) mass is 597 g/mol. The number of amides is 2. The molecule has 2 amide bonds. The number of carbonyl (C=O) groups excluding carboxylic acids is 2. The number of nitrogens with zero attached hydrogens (tertiary/aromatic N) is 2. The Morgan fingerprint density at radius 2 is 1.71 bits per heavy atom. The van der Waals surface area contributed by atoms with E-state index in [1.165, 1.54) is 6.26 Å². The second-order valence-electron chi connectivity index (χ2n) is 12.4. The Balaban J connectivity index is 1.30. The summed E-state index contributed by atoms with van der Waals surface area (Å²) in [5, 5.41) is 3.36. The van der Waals surface area contributed by atoms with Gasteiger partial charge in [0.1, 0.15) is 0 Å². The SMILES string of the molecule is CCN(C(=O)Cc1ccc(S(C)(=O)=O)cc1)C1CCN(CC[C@H](NC(=O)C2CCOC(C)(C)C2)c2ccccc2)CC1. The molecule has 2 atom stereocenters. The number of rotatable bonds is 11. The molecule has 2 heterocycles. The van der Waals surface area contributed by atoms with Gasteiger partial charge < -0.3 is 19.9 Å². The van der Waals surface area contributed by atoms with Crippen molar-refractivity contribution in [3.05, 3.63) is 65.7 Å². The molecule has 2 saturated heterocycles. The number of ether oxygens (including phenoxy) is 1. The molecule has 8 nitrogen and oxygen atoms in total. The van der Waals surface area contributed by atoms with Crippen LogP contribution in [0.4, 0.5) is 0 Å². The van der Waals surface area contributed by atoms with Crippen molar-refractivity contribution in [2.75, 3.05) is 39.0 Å². The van der Waals surface area contributed by atoms with E-state index in [4.69, 9.17) is 4.74 Å². The highest BCUT2D eigenvalue weighted by Crippen LogP contribution is 2.30. The lowest BCUT2D eigenvalue weighted by atomic mass is 9.87. The molecule has 2 fully saturated rings. The molecule has 2 aliphatic rings. The second-order valence-corrected chi connectivity index (χ2v) is 14.4. The predicted octanol–water partition coefficient (Wildman–Crippen LogP) is 4.40. The maximum atomic E-state index is 13.3. The lowest BCUT2D eigenvalue weighted by molar-refractivity contribution is -0.136. The largest absolute Gasteiger partial charge is 0.376 e. The minimum Gasteiger partial charge on any atom is -0.376 e. The number of carbonyl (C=O) groups is 2. The molecule has 2 aliphatic heterocycles. The first-order chi connectivity index (χ1) is 19.9. The van der Waals surface area contributed by atoms with Gasteiger partial charge in [0.15, 0.2) is 9.84 Å². The van der Waals surface area contributed by atoms with Gasteiger partial charge in [-0.3, -0.25) is 9.59 Å². The van der Waals surface area contributed by atoms with Crippen LogP contribution in [0.2, 0.25) is 0 Å². The van der Waals surface area contributed by atoms with Crippen LogP contribution in [0.5, 0.6) is 0 Å². The summed E-state index contributed by atoms with van der Waals surface area (Å²) in [4.78, 5) is 31.2. The van der Waals surface area contributed by atoms with Crippen LogP contribution < -0.4 is 5.32 Å². The van der Waals surface area contributed by atoms with Gasteiger partial charge in [0.25, 0.3) is 0 Å². The third-order valence-corrected chi connectivity index (χ3v) is 9.81. The Labute approximate surface area is 251 Å². The molecular weight excluding hydrogens is 550 g/mol. The summed E-state index contributed by atoms with van der Waals surface area (Å²) >= 11 is 0. The molecule has 0 bridgehead atoms. The number of hydrogen-bond donors (Lipinski definition) is 1. The van der Waals surface area contributed by atoms with Crippen LogP contribution in [-0.4, -0.2) is 80.7 Å². The van der Waals surface area contributed by atoms with Gasteiger partial charge in [-0.25, -0.2) is 8.42 Å². The molecule has 42 heavy (non-hydrogen) atoms. The Morgan fingerprint density at radius 3 is 2.31 bits per heavy atom. The fraction of sp³-hybridized carbons (Fsp3) is 0.576. The van der Waals surface area contributed by atoms with Crippen LogP contribution >= 0.6 is 0 Å². The summed E-state index contributed by atoms with van der Waals surface area (Å²) in [6.07, 6.45) is 5.57. The number of nitrogens with one attached hydrogen (secondary N) is 1. The van der Waals surface area contributed by atoms with Crippen LogP contribution in [0.25, 0.3) is 0 Å². The lowest BCUT2D eigenvalue weighted by Crippen LogP contribution is -2.48. The number of likely N-dealkylation sites (N-methyl/N-ethyl adjacent to an activating group) is 1. The molecule has 0 spiro atoms. The minimum atomic E-state index is -3.26. The molecule has 1 N–H and O–H groups in total. The van der Waals surface area contributed by atoms with Crippen molar-refractivity contribution in [2.45, 2.75) is 81.9 Å². The van der Waals surface area contributed by atoms with Gasteiger partial charge in [0.05, 0.1) is 23.0 Å². The maximum absolute atomic E-state index is 13.3. The molecule has 0 aromatic heterocycles. The Bertz CT molecular complexity index is 1290. The lowest BCUT2D eigenvalue weighted by Gasteiger charge is -2.39. The molecular formula is C33H47N3O5S. The van der Waals surface area contributed by atoms with E-state index in [1.807, 2.05) is 30.0 Å². The van der Waals surface area contributed by atoms with E-state index in [0.717, 1.165) is 62.9 Å². The van der Waals surface area contributed by atoms with E-state index in [2.05, 4.69) is 36.2 Å². The minimum absolute atomic E-state index is 0.0362. The van der Waals surface area contributed by atoms with Crippen molar-refractivity contribution in [3.8, 4) is 0 Å². The second kappa shape index (κ2) is 14.1. The third-order valence-electron chi connectivity index (χ3n) is 8.69. The van der Waals surface area contributed by atoms with E-state index in [-0.39, 0.29) is 46.7 Å². The zero-order valence-corrected chi connectivity index (χ0v) is 26.4.